The average Bonchev–Trinajstić information content (AvgIpc) is 3.14. The predicted octanol–water partition coefficient (Wildman–Crippen LogP) is 3.46. The maximum Gasteiger partial charge on any atom is 0.405 e. The molecule has 2 atom stereocenters. The fourth-order valence-electron chi connectivity index (χ4n) is 4.26. The van der Waals surface area contributed by atoms with E-state index < -0.39 is 18.8 Å². The van der Waals surface area contributed by atoms with Crippen LogP contribution in [-0.4, -0.2) is 55.5 Å². The van der Waals surface area contributed by atoms with Gasteiger partial charge in [-0.25, -0.2) is 14.8 Å². The van der Waals surface area contributed by atoms with Crippen molar-refractivity contribution < 1.29 is 18.0 Å². The van der Waals surface area contributed by atoms with Crippen molar-refractivity contribution in [2.45, 2.75) is 51.4 Å². The number of fused-ring (bicyclic) bond motifs is 2. The molecule has 0 aliphatic carbocycles. The van der Waals surface area contributed by atoms with E-state index in [2.05, 4.69) is 20.4 Å². The fraction of sp³-hybridized carbons (Fsp3) is 0.500. The van der Waals surface area contributed by atoms with E-state index in [0.717, 1.165) is 41.1 Å². The summed E-state index contributed by atoms with van der Waals surface area (Å²) in [6, 6.07) is -1.06. The Hall–Kier alpha value is -3.11. The van der Waals surface area contributed by atoms with Gasteiger partial charge in [0.05, 0.1) is 23.1 Å². The van der Waals surface area contributed by atoms with E-state index in [1.807, 2.05) is 38.5 Å². The number of nitrogens with one attached hydrogen (secondary N) is 2. The minimum absolute atomic E-state index is 0.149. The number of carbonyl (C=O) groups is 1. The number of anilines is 2. The summed E-state index contributed by atoms with van der Waals surface area (Å²) in [4.78, 5) is 22.9. The van der Waals surface area contributed by atoms with Crippen LogP contribution in [0.5, 0.6) is 0 Å². The molecule has 1 saturated heterocycles. The Labute approximate surface area is 177 Å². The van der Waals surface area contributed by atoms with Crippen molar-refractivity contribution in [1.29, 1.82) is 0 Å². The van der Waals surface area contributed by atoms with E-state index in [1.165, 1.54) is 4.90 Å². The second-order valence-corrected chi connectivity index (χ2v) is 8.03. The lowest BCUT2D eigenvalue weighted by atomic mass is 9.96. The fourth-order valence-corrected chi connectivity index (χ4v) is 4.26. The molecule has 0 spiro atoms. The third-order valence-corrected chi connectivity index (χ3v) is 5.61. The highest BCUT2D eigenvalue weighted by Gasteiger charge is 2.41. The summed E-state index contributed by atoms with van der Waals surface area (Å²) >= 11 is 0. The monoisotopic (exact) mass is 435 g/mol. The lowest BCUT2D eigenvalue weighted by Crippen LogP contribution is -2.50. The molecule has 8 nitrogen and oxygen atoms in total. The van der Waals surface area contributed by atoms with E-state index in [9.17, 15) is 18.0 Å². The molecular formula is C20H24F3N7O. The van der Waals surface area contributed by atoms with Crippen molar-refractivity contribution in [1.82, 2.24) is 30.0 Å². The number of urea groups is 1. The van der Waals surface area contributed by atoms with Crippen LogP contribution in [0.4, 0.5) is 29.6 Å². The number of carbonyl (C=O) groups excluding carboxylic acids is 1. The summed E-state index contributed by atoms with van der Waals surface area (Å²) in [7, 11) is 1.83. The van der Waals surface area contributed by atoms with Crippen LogP contribution >= 0.6 is 0 Å². The highest BCUT2D eigenvalue weighted by molar-refractivity contribution is 5.79. The van der Waals surface area contributed by atoms with Gasteiger partial charge in [-0.2, -0.15) is 18.3 Å². The number of alkyl halides is 3. The third kappa shape index (κ3) is 4.49. The first-order valence-corrected chi connectivity index (χ1v) is 10.1. The van der Waals surface area contributed by atoms with Gasteiger partial charge in [0.15, 0.2) is 0 Å². The van der Waals surface area contributed by atoms with Crippen molar-refractivity contribution in [2.75, 3.05) is 11.9 Å². The molecule has 4 heterocycles. The quantitative estimate of drug-likeness (QED) is 0.768. The van der Waals surface area contributed by atoms with Gasteiger partial charge in [0.25, 0.3) is 0 Å². The average molecular weight is 435 g/mol. The smallest absolute Gasteiger partial charge is 0.329 e. The van der Waals surface area contributed by atoms with Crippen LogP contribution in [-0.2, 0) is 7.05 Å². The normalized spacial score (nSPS) is 20.6. The SMILES string of the molecule is Cc1cnc(Nc2cn(C)nc2C)nc1C1=C[C@@H]2CC[C@H](C1)N2C(=O)NCC(F)(F)F. The standard InChI is InChI=1S/C20H24F3N7O/c1-11-8-24-18(26-16-9-29(3)28-12(16)2)27-17(11)13-6-14-4-5-15(7-13)30(14)19(31)25-10-20(21,22)23/h6,8-9,14-15H,4-5,7,10H2,1-3H3,(H,25,31)(H,24,26,27)/t14-,15+/m0/s1. The Morgan fingerprint density at radius 2 is 2.06 bits per heavy atom. The van der Waals surface area contributed by atoms with Crippen molar-refractivity contribution in [3.05, 3.63) is 35.4 Å². The molecule has 0 unspecified atom stereocenters. The molecule has 2 bridgehead atoms. The molecule has 0 saturated carbocycles. The van der Waals surface area contributed by atoms with Gasteiger partial charge in [-0.05, 0) is 44.2 Å². The molecule has 2 N–H and O–H groups in total. The Kier molecular flexibility index (Phi) is 5.36. The van der Waals surface area contributed by atoms with Gasteiger partial charge in [0.1, 0.15) is 6.54 Å². The zero-order valence-corrected chi connectivity index (χ0v) is 17.5. The number of rotatable bonds is 4. The zero-order valence-electron chi connectivity index (χ0n) is 17.5. The number of nitrogens with zero attached hydrogens (tertiary/aromatic N) is 5. The van der Waals surface area contributed by atoms with Crippen molar-refractivity contribution in [3.63, 3.8) is 0 Å². The molecule has 2 aliphatic rings. The highest BCUT2D eigenvalue weighted by atomic mass is 19.4. The summed E-state index contributed by atoms with van der Waals surface area (Å²) in [6.07, 6.45) is 3.10. The molecule has 11 heteroatoms. The van der Waals surface area contributed by atoms with Crippen molar-refractivity contribution in [3.8, 4) is 0 Å². The van der Waals surface area contributed by atoms with Gasteiger partial charge >= 0.3 is 12.2 Å². The number of halogens is 3. The summed E-state index contributed by atoms with van der Waals surface area (Å²) in [5.41, 5.74) is 4.30. The number of hydrogen-bond acceptors (Lipinski definition) is 5. The molecule has 2 amide bonds. The van der Waals surface area contributed by atoms with Crippen LogP contribution in [0, 0.1) is 13.8 Å². The summed E-state index contributed by atoms with van der Waals surface area (Å²) in [5.74, 6) is 0.440. The minimum Gasteiger partial charge on any atom is -0.329 e. The van der Waals surface area contributed by atoms with Crippen molar-refractivity contribution >= 4 is 23.2 Å². The molecule has 4 rings (SSSR count). The van der Waals surface area contributed by atoms with E-state index in [1.54, 1.807) is 10.9 Å². The Bertz CT molecular complexity index is 1030. The highest BCUT2D eigenvalue weighted by Crippen LogP contribution is 2.39. The predicted molar refractivity (Wildman–Crippen MR) is 109 cm³/mol. The van der Waals surface area contributed by atoms with E-state index in [0.29, 0.717) is 12.4 Å². The van der Waals surface area contributed by atoms with Crippen LogP contribution in [0.25, 0.3) is 5.57 Å². The molecule has 31 heavy (non-hydrogen) atoms. The number of amides is 2. The summed E-state index contributed by atoms with van der Waals surface area (Å²) < 4.78 is 39.1. The van der Waals surface area contributed by atoms with Crippen LogP contribution < -0.4 is 10.6 Å². The molecule has 166 valence electrons. The first-order valence-electron chi connectivity index (χ1n) is 10.1. The van der Waals surface area contributed by atoms with Gasteiger partial charge in [-0.3, -0.25) is 4.68 Å². The van der Waals surface area contributed by atoms with Crippen LogP contribution in [0.15, 0.2) is 18.5 Å². The summed E-state index contributed by atoms with van der Waals surface area (Å²) in [5, 5.41) is 9.47. The van der Waals surface area contributed by atoms with E-state index in [4.69, 9.17) is 0 Å². The lowest BCUT2D eigenvalue weighted by Gasteiger charge is -2.34. The maximum atomic E-state index is 12.5. The molecule has 2 aromatic heterocycles. The van der Waals surface area contributed by atoms with Crippen LogP contribution in [0.2, 0.25) is 0 Å². The molecule has 2 aliphatic heterocycles. The molecule has 2 aromatic rings. The number of aromatic nitrogens is 4. The van der Waals surface area contributed by atoms with Gasteiger partial charge < -0.3 is 15.5 Å². The molecule has 0 aromatic carbocycles. The Morgan fingerprint density at radius 1 is 1.29 bits per heavy atom. The first kappa shape index (κ1) is 21.1. The van der Waals surface area contributed by atoms with Gasteiger partial charge in [0.2, 0.25) is 5.95 Å². The molecule has 0 radical (unpaired) electrons. The van der Waals surface area contributed by atoms with Gasteiger partial charge in [-0.15, -0.1) is 0 Å². The van der Waals surface area contributed by atoms with Crippen LogP contribution in [0.1, 0.15) is 36.2 Å². The largest absolute Gasteiger partial charge is 0.405 e. The van der Waals surface area contributed by atoms with Gasteiger partial charge in [0, 0.05) is 25.5 Å². The zero-order chi connectivity index (χ0) is 22.3. The number of hydrogen-bond donors (Lipinski definition) is 2. The molecule has 1 fully saturated rings. The third-order valence-electron chi connectivity index (χ3n) is 5.61. The van der Waals surface area contributed by atoms with Crippen molar-refractivity contribution in [2.24, 2.45) is 7.05 Å². The van der Waals surface area contributed by atoms with Crippen LogP contribution in [0.3, 0.4) is 0 Å². The second-order valence-electron chi connectivity index (χ2n) is 8.03. The Balaban J connectivity index is 1.54. The van der Waals surface area contributed by atoms with Gasteiger partial charge in [-0.1, -0.05) is 6.08 Å². The maximum absolute atomic E-state index is 12.5. The Morgan fingerprint density at radius 3 is 2.71 bits per heavy atom. The first-order chi connectivity index (χ1) is 14.6. The lowest BCUT2D eigenvalue weighted by molar-refractivity contribution is -0.123. The minimum atomic E-state index is -4.43. The number of aryl methyl sites for hydroxylation is 3. The second kappa shape index (κ2) is 7.86. The van der Waals surface area contributed by atoms with E-state index >= 15 is 0 Å². The summed E-state index contributed by atoms with van der Waals surface area (Å²) in [6.45, 7) is 2.48. The molecular weight excluding hydrogens is 411 g/mol. The topological polar surface area (TPSA) is 88.0 Å². The van der Waals surface area contributed by atoms with E-state index in [-0.39, 0.29) is 12.1 Å².